The predicted molar refractivity (Wildman–Crippen MR) is 107 cm³/mol. The first-order chi connectivity index (χ1) is 15.3. The van der Waals surface area contributed by atoms with E-state index in [2.05, 4.69) is 19.9 Å². The van der Waals surface area contributed by atoms with Gasteiger partial charge in [-0.3, -0.25) is 9.78 Å². The molecule has 2 N–H and O–H groups in total. The summed E-state index contributed by atoms with van der Waals surface area (Å²) in [5.74, 6) is -1.01. The maximum atomic E-state index is 15.1. The summed E-state index contributed by atoms with van der Waals surface area (Å²) in [4.78, 5) is 26.1. The van der Waals surface area contributed by atoms with Crippen LogP contribution in [0.3, 0.4) is 0 Å². The van der Waals surface area contributed by atoms with E-state index in [1.165, 1.54) is 18.3 Å². The van der Waals surface area contributed by atoms with Crippen molar-refractivity contribution in [3.63, 3.8) is 0 Å². The predicted octanol–water partition coefficient (Wildman–Crippen LogP) is 4.85. The first-order valence-corrected chi connectivity index (χ1v) is 9.84. The molecule has 4 heterocycles. The van der Waals surface area contributed by atoms with Gasteiger partial charge < -0.3 is 14.7 Å². The highest BCUT2D eigenvalue weighted by Gasteiger charge is 2.37. The van der Waals surface area contributed by atoms with E-state index in [0.29, 0.717) is 30.0 Å². The normalized spacial score (nSPS) is 16.7. The minimum Gasteiger partial charge on any atom is -0.381 e. The Morgan fingerprint density at radius 1 is 1.22 bits per heavy atom. The van der Waals surface area contributed by atoms with Crippen molar-refractivity contribution in [2.24, 2.45) is 0 Å². The molecule has 1 atom stereocenters. The Labute approximate surface area is 178 Å². The number of pyridine rings is 1. The van der Waals surface area contributed by atoms with Crippen LogP contribution in [0.25, 0.3) is 22.6 Å². The Morgan fingerprint density at radius 3 is 2.81 bits per heavy atom. The fourth-order valence-corrected chi connectivity index (χ4v) is 3.92. The summed E-state index contributed by atoms with van der Waals surface area (Å²) in [6.07, 6.45) is -1.75. The Kier molecular flexibility index (Phi) is 4.81. The van der Waals surface area contributed by atoms with Gasteiger partial charge in [-0.1, -0.05) is 6.07 Å². The van der Waals surface area contributed by atoms with Gasteiger partial charge in [0.2, 0.25) is 0 Å². The van der Waals surface area contributed by atoms with Crippen molar-refractivity contribution in [2.75, 3.05) is 13.2 Å². The number of imidazole rings is 1. The highest BCUT2D eigenvalue weighted by molar-refractivity contribution is 6.10. The quantitative estimate of drug-likeness (QED) is 0.348. The fourth-order valence-electron chi connectivity index (χ4n) is 3.92. The van der Waals surface area contributed by atoms with Gasteiger partial charge in [0.1, 0.15) is 5.52 Å². The summed E-state index contributed by atoms with van der Waals surface area (Å²) in [6, 6.07) is 7.11. The molecule has 1 aliphatic heterocycles. The van der Waals surface area contributed by atoms with Crippen LogP contribution >= 0.6 is 0 Å². The molecule has 6 nitrogen and oxygen atoms in total. The standard InChI is InChI=1S/C22H16F4N4O2/c23-17-13(11-5-7-32-10-11)3-4-15-18(17)30-21(29-15)16-8-12(9-28-16)19(31)14-2-1-6-27-20(14)22(24,25)26/h1-4,6,8-9,11,28H,5,7,10H2,(H,29,30)/t11-/m1/s1. The average Bonchev–Trinajstić information content (AvgIpc) is 3.52. The summed E-state index contributed by atoms with van der Waals surface area (Å²) in [5, 5.41) is 0. The third-order valence-electron chi connectivity index (χ3n) is 5.52. The number of hydrogen-bond acceptors (Lipinski definition) is 4. The Balaban J connectivity index is 1.49. The third kappa shape index (κ3) is 3.46. The monoisotopic (exact) mass is 444 g/mol. The summed E-state index contributed by atoms with van der Waals surface area (Å²) < 4.78 is 60.0. The highest BCUT2D eigenvalue weighted by Crippen LogP contribution is 2.33. The zero-order valence-corrected chi connectivity index (χ0v) is 16.5. The topological polar surface area (TPSA) is 83.7 Å². The minimum atomic E-state index is -4.76. The molecule has 0 unspecified atom stereocenters. The molecule has 0 aliphatic carbocycles. The van der Waals surface area contributed by atoms with Crippen molar-refractivity contribution in [2.45, 2.75) is 18.5 Å². The lowest BCUT2D eigenvalue weighted by molar-refractivity contribution is -0.141. The number of rotatable bonds is 4. The molecule has 0 bridgehead atoms. The number of hydrogen-bond donors (Lipinski definition) is 2. The molecule has 4 aromatic rings. The van der Waals surface area contributed by atoms with Crippen LogP contribution in [0.15, 0.2) is 42.7 Å². The first-order valence-electron chi connectivity index (χ1n) is 9.84. The summed E-state index contributed by atoms with van der Waals surface area (Å²) in [5.41, 5.74) is -0.293. The molecule has 1 aliphatic rings. The van der Waals surface area contributed by atoms with E-state index < -0.39 is 29.0 Å². The summed E-state index contributed by atoms with van der Waals surface area (Å²) in [7, 11) is 0. The van der Waals surface area contributed by atoms with Crippen molar-refractivity contribution in [3.8, 4) is 11.5 Å². The lowest BCUT2D eigenvalue weighted by Gasteiger charge is -2.09. The average molecular weight is 444 g/mol. The van der Waals surface area contributed by atoms with Gasteiger partial charge in [0.15, 0.2) is 23.1 Å². The van der Waals surface area contributed by atoms with Crippen molar-refractivity contribution in [3.05, 3.63) is 70.9 Å². The van der Waals surface area contributed by atoms with Crippen LogP contribution < -0.4 is 0 Å². The largest absolute Gasteiger partial charge is 0.434 e. The molecule has 32 heavy (non-hydrogen) atoms. The number of carbonyl (C=O) groups is 1. The number of H-pyrrole nitrogens is 2. The molecule has 1 aromatic carbocycles. The van der Waals surface area contributed by atoms with Crippen LogP contribution in [0.2, 0.25) is 0 Å². The first kappa shape index (κ1) is 20.4. The van der Waals surface area contributed by atoms with Gasteiger partial charge in [-0.05, 0) is 36.2 Å². The molecule has 3 aromatic heterocycles. The number of halogens is 4. The Hall–Kier alpha value is -3.53. The van der Waals surface area contributed by atoms with Crippen LogP contribution in [0.1, 0.15) is 39.5 Å². The number of ether oxygens (including phenoxy) is 1. The van der Waals surface area contributed by atoms with E-state index in [0.717, 1.165) is 18.7 Å². The maximum absolute atomic E-state index is 15.1. The molecular formula is C22H16F4N4O2. The second-order valence-electron chi connectivity index (χ2n) is 7.54. The van der Waals surface area contributed by atoms with Crippen molar-refractivity contribution < 1.29 is 27.1 Å². The number of nitrogens with zero attached hydrogens (tertiary/aromatic N) is 2. The maximum Gasteiger partial charge on any atom is 0.434 e. The van der Waals surface area contributed by atoms with Crippen LogP contribution in [0, 0.1) is 5.82 Å². The molecule has 0 spiro atoms. The van der Waals surface area contributed by atoms with E-state index in [-0.39, 0.29) is 22.8 Å². The number of aromatic nitrogens is 4. The second kappa shape index (κ2) is 7.56. The fraction of sp³-hybridized carbons (Fsp3) is 0.227. The molecule has 5 rings (SSSR count). The summed E-state index contributed by atoms with van der Waals surface area (Å²) in [6.45, 7) is 1.04. The number of aromatic amines is 2. The zero-order chi connectivity index (χ0) is 22.5. The van der Waals surface area contributed by atoms with E-state index >= 15 is 4.39 Å². The zero-order valence-electron chi connectivity index (χ0n) is 16.5. The lowest BCUT2D eigenvalue weighted by atomic mass is 9.97. The van der Waals surface area contributed by atoms with Crippen molar-refractivity contribution in [1.29, 1.82) is 0 Å². The molecule has 0 saturated carbocycles. The van der Waals surface area contributed by atoms with E-state index in [1.807, 2.05) is 0 Å². The number of carbonyl (C=O) groups excluding carboxylic acids is 1. The number of fused-ring (bicyclic) bond motifs is 1. The Morgan fingerprint density at radius 2 is 2.06 bits per heavy atom. The Bertz CT molecular complexity index is 1320. The second-order valence-corrected chi connectivity index (χ2v) is 7.54. The SMILES string of the molecule is O=C(c1c[nH]c(-c2nc3ccc([C@@H]4CCOC4)c(F)c3[nH]2)c1)c1cccnc1C(F)(F)F. The molecule has 0 amide bonds. The van der Waals surface area contributed by atoms with Crippen LogP contribution in [-0.4, -0.2) is 38.9 Å². The third-order valence-corrected chi connectivity index (χ3v) is 5.52. The van der Waals surface area contributed by atoms with E-state index in [9.17, 15) is 18.0 Å². The number of benzene rings is 1. The molecule has 1 saturated heterocycles. The molecule has 0 radical (unpaired) electrons. The smallest absolute Gasteiger partial charge is 0.381 e. The molecular weight excluding hydrogens is 428 g/mol. The molecule has 10 heteroatoms. The van der Waals surface area contributed by atoms with Crippen molar-refractivity contribution in [1.82, 2.24) is 19.9 Å². The lowest BCUT2D eigenvalue weighted by Crippen LogP contribution is -2.15. The van der Waals surface area contributed by atoms with Gasteiger partial charge in [-0.25, -0.2) is 9.37 Å². The molecule has 164 valence electrons. The van der Waals surface area contributed by atoms with Gasteiger partial charge in [0, 0.05) is 30.5 Å². The van der Waals surface area contributed by atoms with Crippen LogP contribution in [0.4, 0.5) is 17.6 Å². The van der Waals surface area contributed by atoms with Gasteiger partial charge in [0.05, 0.1) is 23.4 Å². The van der Waals surface area contributed by atoms with E-state index in [1.54, 1.807) is 12.1 Å². The summed E-state index contributed by atoms with van der Waals surface area (Å²) >= 11 is 0. The number of ketones is 1. The van der Waals surface area contributed by atoms with Gasteiger partial charge in [-0.2, -0.15) is 13.2 Å². The van der Waals surface area contributed by atoms with Gasteiger partial charge in [-0.15, -0.1) is 0 Å². The molecule has 1 fully saturated rings. The van der Waals surface area contributed by atoms with Crippen LogP contribution in [0.5, 0.6) is 0 Å². The van der Waals surface area contributed by atoms with Crippen molar-refractivity contribution >= 4 is 16.8 Å². The van der Waals surface area contributed by atoms with Gasteiger partial charge >= 0.3 is 6.18 Å². The number of nitrogens with one attached hydrogen (secondary N) is 2. The van der Waals surface area contributed by atoms with E-state index in [4.69, 9.17) is 4.74 Å². The number of alkyl halides is 3. The highest BCUT2D eigenvalue weighted by atomic mass is 19.4. The minimum absolute atomic E-state index is 0.00298. The van der Waals surface area contributed by atoms with Gasteiger partial charge in [0.25, 0.3) is 0 Å². The van der Waals surface area contributed by atoms with Crippen LogP contribution in [-0.2, 0) is 10.9 Å².